The molecule has 3 aromatic rings. The Balaban J connectivity index is 1.54. The molecule has 0 spiro atoms. The van der Waals surface area contributed by atoms with E-state index < -0.39 is 0 Å². The smallest absolute Gasteiger partial charge is 0.139 e. The summed E-state index contributed by atoms with van der Waals surface area (Å²) in [7, 11) is 0. The molecule has 0 radical (unpaired) electrons. The third-order valence-corrected chi connectivity index (χ3v) is 4.69. The number of pyridine rings is 1. The number of aromatic nitrogens is 1. The second-order valence-electron chi connectivity index (χ2n) is 5.80. The highest BCUT2D eigenvalue weighted by molar-refractivity contribution is 6.34. The first-order chi connectivity index (χ1) is 11.3. The number of halogens is 1. The molecule has 1 aromatic heterocycles. The first kappa shape index (κ1) is 14.3. The minimum atomic E-state index is 0.587. The van der Waals surface area contributed by atoms with E-state index in [4.69, 9.17) is 11.6 Å². The van der Waals surface area contributed by atoms with Crippen LogP contribution in [0.15, 0.2) is 60.7 Å². The largest absolute Gasteiger partial charge is 0.368 e. The first-order valence-corrected chi connectivity index (χ1v) is 8.29. The van der Waals surface area contributed by atoms with E-state index in [-0.39, 0.29) is 0 Å². The van der Waals surface area contributed by atoms with Gasteiger partial charge in [0.25, 0.3) is 0 Å². The number of benzene rings is 2. The van der Waals surface area contributed by atoms with Crippen LogP contribution >= 0.6 is 11.6 Å². The predicted molar refractivity (Wildman–Crippen MR) is 97.6 cm³/mol. The van der Waals surface area contributed by atoms with Crippen LogP contribution in [-0.2, 0) is 0 Å². The van der Waals surface area contributed by atoms with Crippen molar-refractivity contribution in [1.29, 1.82) is 0 Å². The van der Waals surface area contributed by atoms with Crippen LogP contribution in [0.25, 0.3) is 10.8 Å². The number of anilines is 2. The van der Waals surface area contributed by atoms with E-state index >= 15 is 0 Å². The summed E-state index contributed by atoms with van der Waals surface area (Å²) in [4.78, 5) is 9.33. The Morgan fingerprint density at radius 3 is 2.22 bits per heavy atom. The average Bonchev–Trinajstić information content (AvgIpc) is 2.63. The van der Waals surface area contributed by atoms with Gasteiger partial charge in [0.05, 0.1) is 0 Å². The van der Waals surface area contributed by atoms with Crippen LogP contribution in [0.3, 0.4) is 0 Å². The third kappa shape index (κ3) is 2.84. The lowest BCUT2D eigenvalue weighted by molar-refractivity contribution is 0.648. The van der Waals surface area contributed by atoms with E-state index in [1.807, 2.05) is 18.2 Å². The SMILES string of the molecule is Clc1nc(N2CCN(c3ccccc3)CC2)cc2ccccc12. The van der Waals surface area contributed by atoms with E-state index in [2.05, 4.69) is 57.2 Å². The normalized spacial score (nSPS) is 15.2. The Bertz CT molecular complexity index is 811. The number of piperazine rings is 1. The van der Waals surface area contributed by atoms with Crippen molar-refractivity contribution in [2.24, 2.45) is 0 Å². The first-order valence-electron chi connectivity index (χ1n) is 7.91. The molecule has 3 nitrogen and oxygen atoms in total. The number of hydrogen-bond donors (Lipinski definition) is 0. The van der Waals surface area contributed by atoms with Crippen LogP contribution in [0.5, 0.6) is 0 Å². The number of nitrogens with zero attached hydrogens (tertiary/aromatic N) is 3. The molecular weight excluding hydrogens is 306 g/mol. The quantitative estimate of drug-likeness (QED) is 0.658. The molecule has 0 unspecified atom stereocenters. The topological polar surface area (TPSA) is 19.4 Å². The van der Waals surface area contributed by atoms with Gasteiger partial charge >= 0.3 is 0 Å². The van der Waals surface area contributed by atoms with Gasteiger partial charge < -0.3 is 9.80 Å². The van der Waals surface area contributed by atoms with Gasteiger partial charge in [0.15, 0.2) is 0 Å². The van der Waals surface area contributed by atoms with Crippen molar-refractivity contribution in [1.82, 2.24) is 4.98 Å². The molecule has 116 valence electrons. The zero-order valence-electron chi connectivity index (χ0n) is 12.8. The van der Waals surface area contributed by atoms with Gasteiger partial charge in [-0.3, -0.25) is 0 Å². The minimum Gasteiger partial charge on any atom is -0.368 e. The summed E-state index contributed by atoms with van der Waals surface area (Å²) in [5, 5.41) is 2.75. The molecule has 0 aliphatic carbocycles. The van der Waals surface area contributed by atoms with Crippen molar-refractivity contribution in [2.75, 3.05) is 36.0 Å². The monoisotopic (exact) mass is 323 g/mol. The zero-order chi connectivity index (χ0) is 15.6. The molecule has 4 rings (SSSR count). The van der Waals surface area contributed by atoms with Gasteiger partial charge in [0.2, 0.25) is 0 Å². The molecule has 1 fully saturated rings. The molecule has 0 bridgehead atoms. The Kier molecular flexibility index (Phi) is 3.80. The summed E-state index contributed by atoms with van der Waals surface area (Å²) in [5.74, 6) is 0.974. The van der Waals surface area contributed by atoms with Crippen molar-refractivity contribution in [3.05, 3.63) is 65.8 Å². The number of hydrogen-bond acceptors (Lipinski definition) is 3. The lowest BCUT2D eigenvalue weighted by Gasteiger charge is -2.36. The fraction of sp³-hybridized carbons (Fsp3) is 0.211. The second kappa shape index (κ2) is 6.09. The summed E-state index contributed by atoms with van der Waals surface area (Å²) >= 11 is 6.36. The lowest BCUT2D eigenvalue weighted by atomic mass is 10.1. The summed E-state index contributed by atoms with van der Waals surface area (Å²) in [5.41, 5.74) is 1.29. The Morgan fingerprint density at radius 1 is 0.783 bits per heavy atom. The van der Waals surface area contributed by atoms with Crippen molar-refractivity contribution >= 4 is 33.9 Å². The van der Waals surface area contributed by atoms with Crippen LogP contribution in [0.1, 0.15) is 0 Å². The van der Waals surface area contributed by atoms with Gasteiger partial charge in [-0.2, -0.15) is 0 Å². The molecule has 0 atom stereocenters. The van der Waals surface area contributed by atoms with Crippen LogP contribution in [-0.4, -0.2) is 31.2 Å². The van der Waals surface area contributed by atoms with Crippen LogP contribution in [0.4, 0.5) is 11.5 Å². The molecule has 1 aliphatic heterocycles. The lowest BCUT2D eigenvalue weighted by Crippen LogP contribution is -2.46. The van der Waals surface area contributed by atoms with Gasteiger partial charge in [-0.1, -0.05) is 54.1 Å². The second-order valence-corrected chi connectivity index (χ2v) is 6.16. The summed E-state index contributed by atoms with van der Waals surface area (Å²) in [6.07, 6.45) is 0. The maximum Gasteiger partial charge on any atom is 0.139 e. The van der Waals surface area contributed by atoms with Crippen molar-refractivity contribution in [2.45, 2.75) is 0 Å². The highest BCUT2D eigenvalue weighted by Gasteiger charge is 2.19. The molecular formula is C19H18ClN3. The van der Waals surface area contributed by atoms with Gasteiger partial charge in [-0.05, 0) is 23.6 Å². The summed E-state index contributed by atoms with van der Waals surface area (Å²) < 4.78 is 0. The number of para-hydroxylation sites is 1. The Morgan fingerprint density at radius 2 is 1.43 bits per heavy atom. The van der Waals surface area contributed by atoms with E-state index in [9.17, 15) is 0 Å². The van der Waals surface area contributed by atoms with Gasteiger partial charge in [0.1, 0.15) is 11.0 Å². The maximum absolute atomic E-state index is 6.36. The predicted octanol–water partition coefficient (Wildman–Crippen LogP) is 4.21. The molecule has 1 saturated heterocycles. The molecule has 0 N–H and O–H groups in total. The zero-order valence-corrected chi connectivity index (χ0v) is 13.6. The van der Waals surface area contributed by atoms with E-state index in [0.29, 0.717) is 5.15 Å². The van der Waals surface area contributed by atoms with Crippen molar-refractivity contribution in [3.8, 4) is 0 Å². The molecule has 2 heterocycles. The fourth-order valence-electron chi connectivity index (χ4n) is 3.14. The van der Waals surface area contributed by atoms with E-state index in [1.165, 1.54) is 5.69 Å². The van der Waals surface area contributed by atoms with Crippen LogP contribution < -0.4 is 9.80 Å². The highest BCUT2D eigenvalue weighted by Crippen LogP contribution is 2.27. The molecule has 23 heavy (non-hydrogen) atoms. The van der Waals surface area contributed by atoms with E-state index in [1.54, 1.807) is 0 Å². The third-order valence-electron chi connectivity index (χ3n) is 4.41. The van der Waals surface area contributed by atoms with E-state index in [0.717, 1.165) is 42.8 Å². The standard InChI is InChI=1S/C19H18ClN3/c20-19-17-9-5-4-6-15(17)14-18(21-19)23-12-10-22(11-13-23)16-7-2-1-3-8-16/h1-9,14H,10-13H2. The minimum absolute atomic E-state index is 0.587. The van der Waals surface area contributed by atoms with Gasteiger partial charge in [0, 0.05) is 37.3 Å². The van der Waals surface area contributed by atoms with Crippen LogP contribution in [0.2, 0.25) is 5.15 Å². The highest BCUT2D eigenvalue weighted by atomic mass is 35.5. The van der Waals surface area contributed by atoms with Crippen molar-refractivity contribution in [3.63, 3.8) is 0 Å². The fourth-order valence-corrected chi connectivity index (χ4v) is 3.40. The number of fused-ring (bicyclic) bond motifs is 1. The molecule has 4 heteroatoms. The van der Waals surface area contributed by atoms with Crippen molar-refractivity contribution < 1.29 is 0 Å². The summed E-state index contributed by atoms with van der Waals surface area (Å²) in [6, 6.07) is 20.8. The molecule has 1 aliphatic rings. The Labute approximate surface area is 141 Å². The maximum atomic E-state index is 6.36. The molecule has 0 amide bonds. The van der Waals surface area contributed by atoms with Crippen LogP contribution in [0, 0.1) is 0 Å². The number of rotatable bonds is 2. The summed E-state index contributed by atoms with van der Waals surface area (Å²) in [6.45, 7) is 3.90. The molecule has 2 aromatic carbocycles. The Hall–Kier alpha value is -2.26. The molecule has 0 saturated carbocycles. The average molecular weight is 324 g/mol. The van der Waals surface area contributed by atoms with Gasteiger partial charge in [-0.25, -0.2) is 4.98 Å². The van der Waals surface area contributed by atoms with Gasteiger partial charge in [-0.15, -0.1) is 0 Å².